The quantitative estimate of drug-likeness (QED) is 0.632. The van der Waals surface area contributed by atoms with Gasteiger partial charge in [-0.05, 0) is 42.5 Å². The number of thioether (sulfide) groups is 1. The van der Waals surface area contributed by atoms with Crippen LogP contribution in [0.4, 0.5) is 10.1 Å². The molecule has 0 fully saturated rings. The molecule has 26 heavy (non-hydrogen) atoms. The van der Waals surface area contributed by atoms with Crippen molar-refractivity contribution in [2.24, 2.45) is 0 Å². The van der Waals surface area contributed by atoms with Gasteiger partial charge in [0, 0.05) is 23.1 Å². The number of rotatable bonds is 6. The van der Waals surface area contributed by atoms with Crippen LogP contribution in [0.3, 0.4) is 0 Å². The molecule has 3 aromatic rings. The smallest absolute Gasteiger partial charge is 0.234 e. The lowest BCUT2D eigenvalue weighted by Crippen LogP contribution is -2.15. The van der Waals surface area contributed by atoms with Gasteiger partial charge in [-0.15, -0.1) is 0 Å². The molecule has 0 spiro atoms. The van der Waals surface area contributed by atoms with Gasteiger partial charge < -0.3 is 10.1 Å². The summed E-state index contributed by atoms with van der Waals surface area (Å²) in [5, 5.41) is 3.52. The van der Waals surface area contributed by atoms with Crippen LogP contribution in [0.1, 0.15) is 0 Å². The molecule has 2 aromatic carbocycles. The number of hydrogen-bond donors (Lipinski definition) is 1. The highest BCUT2D eigenvalue weighted by Crippen LogP contribution is 2.23. The van der Waals surface area contributed by atoms with Gasteiger partial charge in [0.05, 0.1) is 18.6 Å². The van der Waals surface area contributed by atoms with Gasteiger partial charge in [0.2, 0.25) is 5.91 Å². The molecule has 0 aliphatic rings. The summed E-state index contributed by atoms with van der Waals surface area (Å²) in [6.07, 6.45) is 3.46. The molecular formula is C18H15ClFN3O2S. The molecule has 0 unspecified atom stereocenters. The van der Waals surface area contributed by atoms with Gasteiger partial charge in [-0.1, -0.05) is 23.4 Å². The number of nitrogens with one attached hydrogen (secondary N) is 1. The maximum atomic E-state index is 13.7. The van der Waals surface area contributed by atoms with Crippen molar-refractivity contribution in [2.75, 3.05) is 18.2 Å². The molecule has 8 heteroatoms. The Morgan fingerprint density at radius 3 is 2.81 bits per heavy atom. The third kappa shape index (κ3) is 4.36. The van der Waals surface area contributed by atoms with Gasteiger partial charge >= 0.3 is 0 Å². The number of amides is 1. The number of anilines is 1. The van der Waals surface area contributed by atoms with Crippen LogP contribution < -0.4 is 10.1 Å². The zero-order valence-electron chi connectivity index (χ0n) is 13.8. The normalized spacial score (nSPS) is 10.6. The van der Waals surface area contributed by atoms with E-state index in [1.165, 1.54) is 30.0 Å². The van der Waals surface area contributed by atoms with E-state index in [1.54, 1.807) is 19.5 Å². The predicted molar refractivity (Wildman–Crippen MR) is 101 cm³/mol. The number of hydrogen-bond acceptors (Lipinski definition) is 4. The lowest BCUT2D eigenvalue weighted by atomic mass is 10.3. The van der Waals surface area contributed by atoms with Crippen molar-refractivity contribution in [2.45, 2.75) is 5.16 Å². The number of methoxy groups -OCH3 is 1. The van der Waals surface area contributed by atoms with Crippen LogP contribution in [0, 0.1) is 5.82 Å². The van der Waals surface area contributed by atoms with Crippen molar-refractivity contribution >= 4 is 35.0 Å². The molecule has 0 atom stereocenters. The molecule has 1 amide bonds. The van der Waals surface area contributed by atoms with Crippen molar-refractivity contribution in [1.82, 2.24) is 9.55 Å². The molecule has 3 rings (SSSR count). The van der Waals surface area contributed by atoms with E-state index in [4.69, 9.17) is 16.3 Å². The third-order valence-corrected chi connectivity index (χ3v) is 4.69. The first-order valence-electron chi connectivity index (χ1n) is 7.62. The maximum Gasteiger partial charge on any atom is 0.234 e. The van der Waals surface area contributed by atoms with Crippen molar-refractivity contribution in [3.63, 3.8) is 0 Å². The van der Waals surface area contributed by atoms with Gasteiger partial charge in [0.25, 0.3) is 0 Å². The Bertz CT molecular complexity index is 915. The Kier molecular flexibility index (Phi) is 5.80. The molecule has 1 heterocycles. The average molecular weight is 392 g/mol. The number of imidazole rings is 1. The molecule has 134 valence electrons. The van der Waals surface area contributed by atoms with Crippen molar-refractivity contribution in [3.05, 3.63) is 65.7 Å². The van der Waals surface area contributed by atoms with E-state index >= 15 is 0 Å². The summed E-state index contributed by atoms with van der Waals surface area (Å²) in [5.74, 6) is -0.0435. The van der Waals surface area contributed by atoms with Crippen LogP contribution in [-0.2, 0) is 4.79 Å². The van der Waals surface area contributed by atoms with Crippen LogP contribution >= 0.6 is 23.4 Å². The minimum absolute atomic E-state index is 0.0570. The molecule has 0 aliphatic carbocycles. The van der Waals surface area contributed by atoms with E-state index < -0.39 is 5.82 Å². The van der Waals surface area contributed by atoms with E-state index in [-0.39, 0.29) is 17.3 Å². The number of aromatic nitrogens is 2. The first-order chi connectivity index (χ1) is 12.6. The first-order valence-corrected chi connectivity index (χ1v) is 8.98. The molecule has 0 aliphatic heterocycles. The van der Waals surface area contributed by atoms with Gasteiger partial charge in [0.1, 0.15) is 11.6 Å². The van der Waals surface area contributed by atoms with Crippen molar-refractivity contribution < 1.29 is 13.9 Å². The Morgan fingerprint density at radius 2 is 2.08 bits per heavy atom. The zero-order valence-corrected chi connectivity index (χ0v) is 15.4. The number of carbonyl (C=O) groups is 1. The summed E-state index contributed by atoms with van der Waals surface area (Å²) >= 11 is 7.07. The predicted octanol–water partition coefficient (Wildman–Crippen LogP) is 4.40. The number of halogens is 2. The van der Waals surface area contributed by atoms with E-state index in [0.717, 1.165) is 11.4 Å². The number of carbonyl (C=O) groups excluding carboxylic acids is 1. The van der Waals surface area contributed by atoms with Gasteiger partial charge in [-0.3, -0.25) is 9.36 Å². The van der Waals surface area contributed by atoms with E-state index in [2.05, 4.69) is 10.3 Å². The summed E-state index contributed by atoms with van der Waals surface area (Å²) < 4.78 is 20.7. The Hall–Kier alpha value is -2.51. The van der Waals surface area contributed by atoms with Crippen LogP contribution in [0.5, 0.6) is 5.75 Å². The fourth-order valence-corrected chi connectivity index (χ4v) is 3.19. The molecule has 1 N–H and O–H groups in total. The Balaban J connectivity index is 1.66. The topological polar surface area (TPSA) is 56.2 Å². The van der Waals surface area contributed by atoms with E-state index in [9.17, 15) is 9.18 Å². The SMILES string of the molecule is COc1ccc(-n2ccnc2SCC(=O)Nc2cc(Cl)ccc2F)cc1. The minimum Gasteiger partial charge on any atom is -0.497 e. The first kappa shape index (κ1) is 18.3. The second-order valence-corrected chi connectivity index (χ2v) is 6.62. The number of ether oxygens (including phenoxy) is 1. The third-order valence-electron chi connectivity index (χ3n) is 3.49. The molecule has 0 saturated carbocycles. The van der Waals surface area contributed by atoms with Crippen molar-refractivity contribution in [1.29, 1.82) is 0 Å². The lowest BCUT2D eigenvalue weighted by molar-refractivity contribution is -0.113. The summed E-state index contributed by atoms with van der Waals surface area (Å²) in [6.45, 7) is 0. The molecule has 5 nitrogen and oxygen atoms in total. The zero-order chi connectivity index (χ0) is 18.5. The largest absolute Gasteiger partial charge is 0.497 e. The summed E-state index contributed by atoms with van der Waals surface area (Å²) in [5.41, 5.74) is 0.952. The second-order valence-electron chi connectivity index (χ2n) is 5.24. The Morgan fingerprint density at radius 1 is 1.31 bits per heavy atom. The minimum atomic E-state index is -0.535. The molecule has 1 aromatic heterocycles. The van der Waals surface area contributed by atoms with Gasteiger partial charge in [-0.2, -0.15) is 0 Å². The molecular weight excluding hydrogens is 377 g/mol. The number of nitrogens with zero attached hydrogens (tertiary/aromatic N) is 2. The van der Waals surface area contributed by atoms with Crippen LogP contribution in [0.25, 0.3) is 5.69 Å². The van der Waals surface area contributed by atoms with E-state index in [1.807, 2.05) is 28.8 Å². The maximum absolute atomic E-state index is 13.7. The summed E-state index contributed by atoms with van der Waals surface area (Å²) in [7, 11) is 1.61. The van der Waals surface area contributed by atoms with Crippen LogP contribution in [-0.4, -0.2) is 28.3 Å². The standard InChI is InChI=1S/C18H15ClFN3O2S/c1-25-14-5-3-13(4-6-14)23-9-8-21-18(23)26-11-17(24)22-16-10-12(19)2-7-15(16)20/h2-10H,11H2,1H3,(H,22,24). The lowest BCUT2D eigenvalue weighted by Gasteiger charge is -2.09. The fraction of sp³-hybridized carbons (Fsp3) is 0.111. The highest BCUT2D eigenvalue weighted by Gasteiger charge is 2.11. The highest BCUT2D eigenvalue weighted by atomic mass is 35.5. The summed E-state index contributed by atoms with van der Waals surface area (Å²) in [4.78, 5) is 16.4. The van der Waals surface area contributed by atoms with Gasteiger partial charge in [0.15, 0.2) is 5.16 Å². The number of benzene rings is 2. The monoisotopic (exact) mass is 391 g/mol. The fourth-order valence-electron chi connectivity index (χ4n) is 2.25. The van der Waals surface area contributed by atoms with Crippen LogP contribution in [0.15, 0.2) is 60.0 Å². The Labute approximate surface area is 159 Å². The molecule has 0 bridgehead atoms. The van der Waals surface area contributed by atoms with Crippen molar-refractivity contribution in [3.8, 4) is 11.4 Å². The van der Waals surface area contributed by atoms with Crippen LogP contribution in [0.2, 0.25) is 5.02 Å². The molecule has 0 radical (unpaired) electrons. The highest BCUT2D eigenvalue weighted by molar-refractivity contribution is 7.99. The molecule has 0 saturated heterocycles. The van der Waals surface area contributed by atoms with E-state index in [0.29, 0.717) is 10.2 Å². The second kappa shape index (κ2) is 8.25. The van der Waals surface area contributed by atoms with Gasteiger partial charge in [-0.25, -0.2) is 9.37 Å². The summed E-state index contributed by atoms with van der Waals surface area (Å²) in [6, 6.07) is 11.5. The average Bonchev–Trinajstić information content (AvgIpc) is 3.12.